The van der Waals surface area contributed by atoms with Gasteiger partial charge in [0.2, 0.25) is 0 Å². The first-order chi connectivity index (χ1) is 8.16. The molecule has 0 saturated carbocycles. The van der Waals surface area contributed by atoms with Crippen LogP contribution in [-0.4, -0.2) is 0 Å². The van der Waals surface area contributed by atoms with Crippen molar-refractivity contribution in [3.8, 4) is 0 Å². The number of aryl methyl sites for hydroxylation is 1. The number of hydrogen-bond acceptors (Lipinski definition) is 1. The maximum Gasteiger partial charge on any atom is 0.128 e. The lowest BCUT2D eigenvalue weighted by atomic mass is 10.1. The Morgan fingerprint density at radius 1 is 1.06 bits per heavy atom. The predicted molar refractivity (Wildman–Crippen MR) is 69.6 cm³/mol. The standard InChI is InChI=1S/C15H16FN/c1-11-8-9-14(10-15(11)16)17-12(2)13-6-4-3-5-7-13/h3-10,12,17H,1-2H3. The van der Waals surface area contributed by atoms with E-state index in [1.54, 1.807) is 13.0 Å². The first-order valence-electron chi connectivity index (χ1n) is 5.74. The molecule has 17 heavy (non-hydrogen) atoms. The molecule has 0 fully saturated rings. The molecule has 2 rings (SSSR count). The molecular weight excluding hydrogens is 213 g/mol. The zero-order valence-corrected chi connectivity index (χ0v) is 10.1. The number of benzene rings is 2. The highest BCUT2D eigenvalue weighted by Gasteiger charge is 2.05. The second-order valence-corrected chi connectivity index (χ2v) is 4.24. The summed E-state index contributed by atoms with van der Waals surface area (Å²) in [6.45, 7) is 3.83. The molecule has 0 aliphatic carbocycles. The van der Waals surface area contributed by atoms with E-state index >= 15 is 0 Å². The lowest BCUT2D eigenvalue weighted by Gasteiger charge is -2.16. The van der Waals surface area contributed by atoms with Crippen LogP contribution in [0.5, 0.6) is 0 Å². The van der Waals surface area contributed by atoms with Crippen LogP contribution in [-0.2, 0) is 0 Å². The van der Waals surface area contributed by atoms with Gasteiger partial charge in [-0.05, 0) is 37.1 Å². The summed E-state index contributed by atoms with van der Waals surface area (Å²) in [7, 11) is 0. The minimum absolute atomic E-state index is 0.165. The number of rotatable bonds is 3. The second-order valence-electron chi connectivity index (χ2n) is 4.24. The molecule has 1 atom stereocenters. The Bertz CT molecular complexity index is 494. The number of nitrogens with one attached hydrogen (secondary N) is 1. The van der Waals surface area contributed by atoms with Crippen LogP contribution in [0.2, 0.25) is 0 Å². The van der Waals surface area contributed by atoms with Crippen LogP contribution < -0.4 is 5.32 Å². The van der Waals surface area contributed by atoms with Gasteiger partial charge in [0, 0.05) is 11.7 Å². The lowest BCUT2D eigenvalue weighted by molar-refractivity contribution is 0.618. The smallest absolute Gasteiger partial charge is 0.128 e. The third-order valence-electron chi connectivity index (χ3n) is 2.85. The van der Waals surface area contributed by atoms with Gasteiger partial charge in [-0.15, -0.1) is 0 Å². The maximum absolute atomic E-state index is 13.4. The van der Waals surface area contributed by atoms with Gasteiger partial charge in [-0.3, -0.25) is 0 Å². The van der Waals surface area contributed by atoms with Gasteiger partial charge in [0.25, 0.3) is 0 Å². The van der Waals surface area contributed by atoms with E-state index in [1.165, 1.54) is 11.6 Å². The fourth-order valence-electron chi connectivity index (χ4n) is 1.76. The Labute approximate surface area is 101 Å². The van der Waals surface area contributed by atoms with Crippen molar-refractivity contribution in [3.05, 3.63) is 65.5 Å². The van der Waals surface area contributed by atoms with Crippen LogP contribution in [0, 0.1) is 12.7 Å². The zero-order chi connectivity index (χ0) is 12.3. The average molecular weight is 229 g/mol. The van der Waals surface area contributed by atoms with Gasteiger partial charge in [0.05, 0.1) is 0 Å². The second kappa shape index (κ2) is 5.00. The van der Waals surface area contributed by atoms with Gasteiger partial charge in [-0.2, -0.15) is 0 Å². The topological polar surface area (TPSA) is 12.0 Å². The van der Waals surface area contributed by atoms with E-state index in [-0.39, 0.29) is 11.9 Å². The summed E-state index contributed by atoms with van der Waals surface area (Å²) in [6, 6.07) is 15.5. The van der Waals surface area contributed by atoms with E-state index < -0.39 is 0 Å². The third-order valence-corrected chi connectivity index (χ3v) is 2.85. The molecule has 2 aromatic carbocycles. The molecule has 0 spiro atoms. The maximum atomic E-state index is 13.4. The van der Waals surface area contributed by atoms with E-state index in [0.717, 1.165) is 5.69 Å². The van der Waals surface area contributed by atoms with Crippen LogP contribution in [0.3, 0.4) is 0 Å². The number of hydrogen-bond donors (Lipinski definition) is 1. The van der Waals surface area contributed by atoms with Gasteiger partial charge < -0.3 is 5.32 Å². The van der Waals surface area contributed by atoms with Crippen LogP contribution in [0.25, 0.3) is 0 Å². The fraction of sp³-hybridized carbons (Fsp3) is 0.200. The average Bonchev–Trinajstić information content (AvgIpc) is 2.35. The van der Waals surface area contributed by atoms with Gasteiger partial charge in [-0.25, -0.2) is 4.39 Å². The fourth-order valence-corrected chi connectivity index (χ4v) is 1.76. The molecule has 0 amide bonds. The van der Waals surface area contributed by atoms with Crippen LogP contribution in [0.4, 0.5) is 10.1 Å². The summed E-state index contributed by atoms with van der Waals surface area (Å²) in [5.74, 6) is -0.171. The van der Waals surface area contributed by atoms with Gasteiger partial charge in [0.1, 0.15) is 5.82 Å². The van der Waals surface area contributed by atoms with Crippen molar-refractivity contribution in [3.63, 3.8) is 0 Å². The van der Waals surface area contributed by atoms with Crippen molar-refractivity contribution in [1.82, 2.24) is 0 Å². The Balaban J connectivity index is 2.13. The first-order valence-corrected chi connectivity index (χ1v) is 5.74. The molecule has 0 radical (unpaired) electrons. The lowest BCUT2D eigenvalue weighted by Crippen LogP contribution is -2.06. The molecule has 0 bridgehead atoms. The molecule has 0 aromatic heterocycles. The highest BCUT2D eigenvalue weighted by atomic mass is 19.1. The molecule has 2 heteroatoms. The minimum Gasteiger partial charge on any atom is -0.378 e. The molecule has 1 N–H and O–H groups in total. The quantitative estimate of drug-likeness (QED) is 0.827. The highest BCUT2D eigenvalue weighted by molar-refractivity contribution is 5.47. The normalized spacial score (nSPS) is 12.2. The van der Waals surface area contributed by atoms with Crippen molar-refractivity contribution >= 4 is 5.69 Å². The summed E-state index contributed by atoms with van der Waals surface area (Å²) in [6.07, 6.45) is 0. The third kappa shape index (κ3) is 2.84. The highest BCUT2D eigenvalue weighted by Crippen LogP contribution is 2.20. The Morgan fingerprint density at radius 2 is 1.76 bits per heavy atom. The van der Waals surface area contributed by atoms with Crippen LogP contribution in [0.15, 0.2) is 48.5 Å². The number of halogens is 1. The number of anilines is 1. The Morgan fingerprint density at radius 3 is 2.41 bits per heavy atom. The van der Waals surface area contributed by atoms with Gasteiger partial charge >= 0.3 is 0 Å². The molecule has 2 aromatic rings. The molecule has 1 nitrogen and oxygen atoms in total. The Kier molecular flexibility index (Phi) is 3.43. The van der Waals surface area contributed by atoms with Crippen LogP contribution in [0.1, 0.15) is 24.1 Å². The van der Waals surface area contributed by atoms with Crippen molar-refractivity contribution in [2.75, 3.05) is 5.32 Å². The van der Waals surface area contributed by atoms with Crippen molar-refractivity contribution in [1.29, 1.82) is 0 Å². The molecule has 88 valence electrons. The summed E-state index contributed by atoms with van der Waals surface area (Å²) in [5, 5.41) is 3.29. The Hall–Kier alpha value is -1.83. The van der Waals surface area contributed by atoms with E-state index in [9.17, 15) is 4.39 Å². The SMILES string of the molecule is Cc1ccc(NC(C)c2ccccc2)cc1F. The molecule has 0 aliphatic heterocycles. The van der Waals surface area contributed by atoms with E-state index in [4.69, 9.17) is 0 Å². The van der Waals surface area contributed by atoms with E-state index in [0.29, 0.717) is 5.56 Å². The van der Waals surface area contributed by atoms with Crippen LogP contribution >= 0.6 is 0 Å². The molecule has 0 heterocycles. The van der Waals surface area contributed by atoms with Gasteiger partial charge in [-0.1, -0.05) is 36.4 Å². The molecular formula is C15H16FN. The monoisotopic (exact) mass is 229 g/mol. The van der Waals surface area contributed by atoms with E-state index in [2.05, 4.69) is 24.4 Å². The zero-order valence-electron chi connectivity index (χ0n) is 10.1. The summed E-state index contributed by atoms with van der Waals surface area (Å²) in [5.41, 5.74) is 2.67. The van der Waals surface area contributed by atoms with Gasteiger partial charge in [0.15, 0.2) is 0 Å². The molecule has 1 unspecified atom stereocenters. The van der Waals surface area contributed by atoms with Crippen molar-refractivity contribution in [2.24, 2.45) is 0 Å². The largest absolute Gasteiger partial charge is 0.378 e. The van der Waals surface area contributed by atoms with E-state index in [1.807, 2.05) is 24.3 Å². The first kappa shape index (κ1) is 11.6. The molecule has 0 aliphatic rings. The molecule has 0 saturated heterocycles. The summed E-state index contributed by atoms with van der Waals surface area (Å²) in [4.78, 5) is 0. The predicted octanol–water partition coefficient (Wildman–Crippen LogP) is 4.31. The summed E-state index contributed by atoms with van der Waals surface area (Å²) < 4.78 is 13.4. The minimum atomic E-state index is -0.171. The summed E-state index contributed by atoms with van der Waals surface area (Å²) >= 11 is 0. The van der Waals surface area contributed by atoms with Crippen molar-refractivity contribution in [2.45, 2.75) is 19.9 Å². The van der Waals surface area contributed by atoms with Crippen molar-refractivity contribution < 1.29 is 4.39 Å².